The summed E-state index contributed by atoms with van der Waals surface area (Å²) >= 11 is 0. The van der Waals surface area contributed by atoms with E-state index in [0.29, 0.717) is 0 Å². The number of carbonyl (C=O) groups is 2. The summed E-state index contributed by atoms with van der Waals surface area (Å²) in [7, 11) is 0. The van der Waals surface area contributed by atoms with E-state index < -0.39 is 161 Å². The van der Waals surface area contributed by atoms with Crippen LogP contribution in [-0.4, -0.2) is 222 Å². The van der Waals surface area contributed by atoms with Crippen LogP contribution in [0.4, 0.5) is 0 Å². The molecular weight excluding hydrogens is 700 g/mol. The number of amides is 2. The number of carbonyl (C=O) groups excluding carboxylic acids is 2. The van der Waals surface area contributed by atoms with E-state index in [2.05, 4.69) is 10.6 Å². The maximum atomic E-state index is 12.2. The second kappa shape index (κ2) is 18.0. The first-order chi connectivity index (χ1) is 24.1. The topological polar surface area (TPSA) is 366 Å². The zero-order valence-corrected chi connectivity index (χ0v) is 27.4. The molecule has 0 aromatic heterocycles. The van der Waals surface area contributed by atoms with E-state index in [1.54, 1.807) is 0 Å². The van der Waals surface area contributed by atoms with Gasteiger partial charge >= 0.3 is 0 Å². The smallest absolute Gasteiger partial charge is 0.217 e. The molecular formula is C28H48N2O21. The molecule has 51 heavy (non-hydrogen) atoms. The average Bonchev–Trinajstić information content (AvgIpc) is 3.09. The van der Waals surface area contributed by atoms with E-state index in [9.17, 15) is 70.9 Å². The zero-order valence-electron chi connectivity index (χ0n) is 27.4. The number of aliphatic hydroxyl groups is 12. The van der Waals surface area contributed by atoms with Crippen molar-refractivity contribution in [2.45, 2.75) is 137 Å². The van der Waals surface area contributed by atoms with Gasteiger partial charge in [0.2, 0.25) is 11.8 Å². The highest BCUT2D eigenvalue weighted by Crippen LogP contribution is 2.34. The van der Waals surface area contributed by atoms with Gasteiger partial charge in [-0.05, 0) is 0 Å². The molecule has 0 spiro atoms. The second-order valence-electron chi connectivity index (χ2n) is 12.6. The van der Waals surface area contributed by atoms with Crippen molar-refractivity contribution >= 4 is 11.8 Å². The predicted octanol–water partition coefficient (Wildman–Crippen LogP) is -9.46. The van der Waals surface area contributed by atoms with Crippen LogP contribution in [0.25, 0.3) is 0 Å². The van der Waals surface area contributed by atoms with Crippen LogP contribution in [0.1, 0.15) is 13.8 Å². The molecule has 0 unspecified atom stereocenters. The van der Waals surface area contributed by atoms with Crippen LogP contribution in [-0.2, 0) is 42.7 Å². The fraction of sp³-hybridized carbons (Fsp3) is 0.929. The molecule has 4 aliphatic heterocycles. The minimum Gasteiger partial charge on any atom is -0.394 e. The van der Waals surface area contributed by atoms with Gasteiger partial charge < -0.3 is 105 Å². The highest BCUT2D eigenvalue weighted by Gasteiger charge is 2.55. The number of nitrogens with one attached hydrogen (secondary N) is 2. The van der Waals surface area contributed by atoms with Gasteiger partial charge in [-0.25, -0.2) is 0 Å². The van der Waals surface area contributed by atoms with Crippen molar-refractivity contribution in [3.63, 3.8) is 0 Å². The lowest BCUT2D eigenvalue weighted by Crippen LogP contribution is -2.70. The van der Waals surface area contributed by atoms with Crippen molar-refractivity contribution in [2.24, 2.45) is 0 Å². The lowest BCUT2D eigenvalue weighted by atomic mass is 9.94. The SMILES string of the molecule is CC(=O)N[C@@H]1[C@@H](O)[C@H](O[C@H]2O[C@H](CO)[C@@H](O[C@@H]3O[C@H](CO)[C@@H](O)[C@H](O[C@H]4O[C@@H](CO)[C@@H](O)[C@H](O)[C@@H]4O)[C@@H]3O)[C@H](O)[C@H]2NC(C)=O)[C@@H](CO)O[C@@H]1O. The Morgan fingerprint density at radius 2 is 0.882 bits per heavy atom. The van der Waals surface area contributed by atoms with E-state index >= 15 is 0 Å². The van der Waals surface area contributed by atoms with Gasteiger partial charge in [0.05, 0.1) is 26.4 Å². The summed E-state index contributed by atoms with van der Waals surface area (Å²) in [4.78, 5) is 23.9. The number of aliphatic hydroxyl groups excluding tert-OH is 12. The summed E-state index contributed by atoms with van der Waals surface area (Å²) in [5, 5.41) is 130. The Hall–Kier alpha value is -1.82. The van der Waals surface area contributed by atoms with Gasteiger partial charge in [0.1, 0.15) is 97.5 Å². The van der Waals surface area contributed by atoms with Gasteiger partial charge in [0.25, 0.3) is 0 Å². The van der Waals surface area contributed by atoms with Crippen LogP contribution in [0.15, 0.2) is 0 Å². The molecule has 0 bridgehead atoms. The standard InChI is InChI=1S/C28H48N2O21/c1-7(35)29-13-17(39)22(11(5-33)45-25(13)44)49-26-14(30-8(2)36)18(40)23(12(6-34)48-26)50-28-21(43)24(16(38)10(4-32)47-28)51-27-20(42)19(41)15(37)9(3-31)46-27/h9-28,31-34,37-44H,3-6H2,1-2H3,(H,29,35)(H,30,36)/t9-,10+,11+,12+,13+,14+,15+,16+,17+,18+,19-,20-,21-,22+,23+,24-,25-,26+,27+,28-/m0/s1. The molecule has 4 rings (SSSR count). The molecule has 0 aromatic carbocycles. The van der Waals surface area contributed by atoms with Crippen molar-refractivity contribution < 1.29 is 104 Å². The van der Waals surface area contributed by atoms with E-state index in [1.165, 1.54) is 0 Å². The highest BCUT2D eigenvalue weighted by atomic mass is 16.8. The van der Waals surface area contributed by atoms with Crippen molar-refractivity contribution in [2.75, 3.05) is 26.4 Å². The van der Waals surface area contributed by atoms with Gasteiger partial charge in [-0.15, -0.1) is 0 Å². The Morgan fingerprint density at radius 1 is 0.471 bits per heavy atom. The third-order valence-corrected chi connectivity index (χ3v) is 9.01. The van der Waals surface area contributed by atoms with Crippen molar-refractivity contribution in [1.29, 1.82) is 0 Å². The van der Waals surface area contributed by atoms with E-state index in [-0.39, 0.29) is 0 Å². The van der Waals surface area contributed by atoms with Gasteiger partial charge in [-0.3, -0.25) is 9.59 Å². The first-order valence-electron chi connectivity index (χ1n) is 16.1. The maximum Gasteiger partial charge on any atom is 0.217 e. The molecule has 23 heteroatoms. The molecule has 4 heterocycles. The van der Waals surface area contributed by atoms with Crippen LogP contribution >= 0.6 is 0 Å². The minimum atomic E-state index is -2.04. The molecule has 0 aliphatic carbocycles. The number of hydrogen-bond donors (Lipinski definition) is 14. The Balaban J connectivity index is 1.56. The predicted molar refractivity (Wildman–Crippen MR) is 157 cm³/mol. The van der Waals surface area contributed by atoms with Crippen LogP contribution < -0.4 is 10.6 Å². The molecule has 4 saturated heterocycles. The van der Waals surface area contributed by atoms with Crippen molar-refractivity contribution in [3.05, 3.63) is 0 Å². The normalized spacial score (nSPS) is 47.8. The number of rotatable bonds is 12. The van der Waals surface area contributed by atoms with E-state index in [1.807, 2.05) is 0 Å². The Morgan fingerprint density at radius 3 is 1.41 bits per heavy atom. The van der Waals surface area contributed by atoms with E-state index in [0.717, 1.165) is 13.8 Å². The highest BCUT2D eigenvalue weighted by molar-refractivity contribution is 5.73. The number of ether oxygens (including phenoxy) is 7. The molecule has 0 radical (unpaired) electrons. The van der Waals surface area contributed by atoms with Crippen LogP contribution in [0.2, 0.25) is 0 Å². The van der Waals surface area contributed by atoms with Crippen LogP contribution in [0.3, 0.4) is 0 Å². The maximum absolute atomic E-state index is 12.2. The van der Waals surface area contributed by atoms with Crippen LogP contribution in [0, 0.1) is 0 Å². The average molecular weight is 749 g/mol. The Kier molecular flexibility index (Phi) is 14.8. The summed E-state index contributed by atoms with van der Waals surface area (Å²) in [6, 6.07) is -3.04. The Labute approximate surface area is 289 Å². The fourth-order valence-corrected chi connectivity index (χ4v) is 6.35. The largest absolute Gasteiger partial charge is 0.394 e. The summed E-state index contributed by atoms with van der Waals surface area (Å²) in [6.45, 7) is -1.28. The van der Waals surface area contributed by atoms with Crippen LogP contribution in [0.5, 0.6) is 0 Å². The molecule has 2 amide bonds. The monoisotopic (exact) mass is 748 g/mol. The van der Waals surface area contributed by atoms with E-state index in [4.69, 9.17) is 33.2 Å². The fourth-order valence-electron chi connectivity index (χ4n) is 6.35. The van der Waals surface area contributed by atoms with Gasteiger partial charge in [0.15, 0.2) is 25.2 Å². The summed E-state index contributed by atoms with van der Waals surface area (Å²) in [5.41, 5.74) is 0. The molecule has 4 fully saturated rings. The van der Waals surface area contributed by atoms with Gasteiger partial charge in [-0.2, -0.15) is 0 Å². The summed E-state index contributed by atoms with van der Waals surface area (Å²) in [6.07, 6.45) is -31.4. The molecule has 20 atom stereocenters. The second-order valence-corrected chi connectivity index (χ2v) is 12.6. The molecule has 4 aliphatic rings. The van der Waals surface area contributed by atoms with Gasteiger partial charge in [0, 0.05) is 13.8 Å². The zero-order chi connectivity index (χ0) is 37.9. The minimum absolute atomic E-state index is 0.660. The molecule has 296 valence electrons. The summed E-state index contributed by atoms with van der Waals surface area (Å²) < 4.78 is 39.1. The number of hydrogen-bond acceptors (Lipinski definition) is 21. The lowest BCUT2D eigenvalue weighted by molar-refractivity contribution is -0.379. The lowest BCUT2D eigenvalue weighted by Gasteiger charge is -2.50. The summed E-state index contributed by atoms with van der Waals surface area (Å²) in [5.74, 6) is -1.40. The first-order valence-corrected chi connectivity index (χ1v) is 16.1. The third kappa shape index (κ3) is 9.11. The molecule has 0 saturated carbocycles. The molecule has 14 N–H and O–H groups in total. The molecule has 23 nitrogen and oxygen atoms in total. The quantitative estimate of drug-likeness (QED) is 0.0881. The third-order valence-electron chi connectivity index (χ3n) is 9.01. The molecule has 0 aromatic rings. The van der Waals surface area contributed by atoms with Crippen molar-refractivity contribution in [1.82, 2.24) is 10.6 Å². The van der Waals surface area contributed by atoms with Crippen molar-refractivity contribution in [3.8, 4) is 0 Å². The first kappa shape index (κ1) is 41.9. The van der Waals surface area contributed by atoms with Gasteiger partial charge in [-0.1, -0.05) is 0 Å². The Bertz CT molecular complexity index is 1140.